The highest BCUT2D eigenvalue weighted by molar-refractivity contribution is 5.94. The molecule has 30 heavy (non-hydrogen) atoms. The van der Waals surface area contributed by atoms with Gasteiger partial charge in [0.2, 0.25) is 0 Å². The molecule has 0 spiro atoms. The molecule has 6 nitrogen and oxygen atoms in total. The van der Waals surface area contributed by atoms with Crippen LogP contribution in [-0.4, -0.2) is 64.9 Å². The summed E-state index contributed by atoms with van der Waals surface area (Å²) in [6.45, 7) is 8.74. The molecule has 1 atom stereocenters. The minimum absolute atomic E-state index is 0.0726. The van der Waals surface area contributed by atoms with Gasteiger partial charge in [-0.15, -0.1) is 0 Å². The summed E-state index contributed by atoms with van der Waals surface area (Å²) < 4.78 is 7.55. The molecule has 0 radical (unpaired) electrons. The molecule has 1 aliphatic heterocycles. The summed E-state index contributed by atoms with van der Waals surface area (Å²) in [5, 5.41) is 4.85. The summed E-state index contributed by atoms with van der Waals surface area (Å²) in [7, 11) is 2.20. The maximum Gasteiger partial charge on any atom is 0.274 e. The third-order valence-corrected chi connectivity index (χ3v) is 6.26. The third kappa shape index (κ3) is 4.60. The van der Waals surface area contributed by atoms with Gasteiger partial charge in [-0.2, -0.15) is 5.10 Å². The van der Waals surface area contributed by atoms with E-state index in [1.807, 2.05) is 4.90 Å². The number of nitrogens with zero attached hydrogens (tertiary/aromatic N) is 4. The van der Waals surface area contributed by atoms with Gasteiger partial charge >= 0.3 is 0 Å². The number of amides is 1. The van der Waals surface area contributed by atoms with Crippen molar-refractivity contribution >= 4 is 5.91 Å². The summed E-state index contributed by atoms with van der Waals surface area (Å²) in [6, 6.07) is 11.0. The molecule has 162 valence electrons. The van der Waals surface area contributed by atoms with Crippen molar-refractivity contribution < 1.29 is 9.53 Å². The molecule has 1 amide bonds. The monoisotopic (exact) mass is 410 g/mol. The molecule has 0 bridgehead atoms. The summed E-state index contributed by atoms with van der Waals surface area (Å²) in [4.78, 5) is 17.7. The third-order valence-electron chi connectivity index (χ3n) is 6.26. The SMILES string of the molecule is CC(C)Cn1nc(C(=O)N2CCOCC2)c2c1CC[C@H](N(C)Cc1ccccc1)C2. The van der Waals surface area contributed by atoms with Crippen LogP contribution < -0.4 is 0 Å². The van der Waals surface area contributed by atoms with E-state index in [1.54, 1.807) is 0 Å². The van der Waals surface area contributed by atoms with Gasteiger partial charge in [-0.3, -0.25) is 14.4 Å². The van der Waals surface area contributed by atoms with E-state index < -0.39 is 0 Å². The normalized spacial score (nSPS) is 19.4. The topological polar surface area (TPSA) is 50.6 Å². The lowest BCUT2D eigenvalue weighted by Gasteiger charge is -2.32. The fourth-order valence-electron chi connectivity index (χ4n) is 4.63. The first-order valence-electron chi connectivity index (χ1n) is 11.2. The van der Waals surface area contributed by atoms with Crippen LogP contribution >= 0.6 is 0 Å². The number of aromatic nitrogens is 2. The van der Waals surface area contributed by atoms with Crippen LogP contribution in [0.3, 0.4) is 0 Å². The first kappa shape index (κ1) is 21.1. The molecule has 4 rings (SSSR count). The van der Waals surface area contributed by atoms with Crippen molar-refractivity contribution in [2.24, 2.45) is 5.92 Å². The van der Waals surface area contributed by atoms with Crippen LogP contribution in [0.15, 0.2) is 30.3 Å². The van der Waals surface area contributed by atoms with Crippen LogP contribution in [0.25, 0.3) is 0 Å². The molecule has 0 saturated carbocycles. The Hall–Kier alpha value is -2.18. The smallest absolute Gasteiger partial charge is 0.274 e. The number of morpholine rings is 1. The highest BCUT2D eigenvalue weighted by Crippen LogP contribution is 2.29. The molecule has 1 saturated heterocycles. The molecular formula is C24H34N4O2. The van der Waals surface area contributed by atoms with Gasteiger partial charge in [-0.1, -0.05) is 44.2 Å². The van der Waals surface area contributed by atoms with E-state index in [2.05, 4.69) is 60.8 Å². The van der Waals surface area contributed by atoms with Gasteiger partial charge in [-0.05, 0) is 37.8 Å². The minimum atomic E-state index is 0.0726. The van der Waals surface area contributed by atoms with Crippen molar-refractivity contribution in [3.05, 3.63) is 52.8 Å². The maximum absolute atomic E-state index is 13.3. The fourth-order valence-corrected chi connectivity index (χ4v) is 4.63. The zero-order valence-corrected chi connectivity index (χ0v) is 18.5. The molecule has 0 unspecified atom stereocenters. The number of carbonyl (C=O) groups excluding carboxylic acids is 1. The Morgan fingerprint density at radius 3 is 2.67 bits per heavy atom. The molecule has 2 aliphatic rings. The second-order valence-electron chi connectivity index (χ2n) is 9.05. The molecule has 1 aliphatic carbocycles. The van der Waals surface area contributed by atoms with E-state index in [9.17, 15) is 4.79 Å². The Kier molecular flexibility index (Phi) is 6.54. The number of carbonyl (C=O) groups is 1. The lowest BCUT2D eigenvalue weighted by Crippen LogP contribution is -2.42. The Balaban J connectivity index is 1.57. The summed E-state index contributed by atoms with van der Waals surface area (Å²) in [6.07, 6.45) is 2.97. The number of hydrogen-bond acceptors (Lipinski definition) is 4. The van der Waals surface area contributed by atoms with Crippen molar-refractivity contribution in [2.45, 2.75) is 52.2 Å². The van der Waals surface area contributed by atoms with Gasteiger partial charge < -0.3 is 9.64 Å². The van der Waals surface area contributed by atoms with Crippen LogP contribution in [-0.2, 0) is 30.7 Å². The Labute approximate surface area is 179 Å². The van der Waals surface area contributed by atoms with Crippen molar-refractivity contribution in [3.8, 4) is 0 Å². The van der Waals surface area contributed by atoms with E-state index in [4.69, 9.17) is 9.84 Å². The number of ether oxygens (including phenoxy) is 1. The van der Waals surface area contributed by atoms with Gasteiger partial charge in [0.25, 0.3) is 5.91 Å². The van der Waals surface area contributed by atoms with Crippen molar-refractivity contribution in [1.29, 1.82) is 0 Å². The number of benzene rings is 1. The van der Waals surface area contributed by atoms with E-state index >= 15 is 0 Å². The predicted molar refractivity (Wildman–Crippen MR) is 118 cm³/mol. The molecule has 6 heteroatoms. The molecule has 1 aromatic heterocycles. The molecule has 1 aromatic carbocycles. The maximum atomic E-state index is 13.3. The summed E-state index contributed by atoms with van der Waals surface area (Å²) in [5.74, 6) is 0.572. The van der Waals surface area contributed by atoms with Gasteiger partial charge in [0, 0.05) is 43.5 Å². The molecule has 1 fully saturated rings. The van der Waals surface area contributed by atoms with Crippen LogP contribution in [0.5, 0.6) is 0 Å². The highest BCUT2D eigenvalue weighted by Gasteiger charge is 2.33. The van der Waals surface area contributed by atoms with Crippen LogP contribution in [0.1, 0.15) is 47.6 Å². The van der Waals surface area contributed by atoms with E-state index in [1.165, 1.54) is 16.8 Å². The highest BCUT2D eigenvalue weighted by atomic mass is 16.5. The van der Waals surface area contributed by atoms with Gasteiger partial charge in [0.1, 0.15) is 0 Å². The fraction of sp³-hybridized carbons (Fsp3) is 0.583. The molecular weight excluding hydrogens is 376 g/mol. The minimum Gasteiger partial charge on any atom is -0.378 e. The quantitative estimate of drug-likeness (QED) is 0.735. The van der Waals surface area contributed by atoms with Gasteiger partial charge in [0.15, 0.2) is 5.69 Å². The van der Waals surface area contributed by atoms with E-state index in [0.29, 0.717) is 44.0 Å². The summed E-state index contributed by atoms with van der Waals surface area (Å²) >= 11 is 0. The Morgan fingerprint density at radius 2 is 1.97 bits per heavy atom. The average molecular weight is 411 g/mol. The standard InChI is InChI=1S/C24H34N4O2/c1-18(2)16-28-22-10-9-20(26(3)17-19-7-5-4-6-8-19)15-21(22)23(25-28)24(29)27-11-13-30-14-12-27/h4-8,18,20H,9-17H2,1-3H3/t20-/m0/s1. The van der Waals surface area contributed by atoms with Gasteiger partial charge in [-0.25, -0.2) is 0 Å². The molecule has 2 aromatic rings. The molecule has 0 N–H and O–H groups in total. The van der Waals surface area contributed by atoms with Gasteiger partial charge in [0.05, 0.1) is 13.2 Å². The Bertz CT molecular complexity index is 856. The van der Waals surface area contributed by atoms with Crippen molar-refractivity contribution in [1.82, 2.24) is 19.6 Å². The van der Waals surface area contributed by atoms with Crippen LogP contribution in [0.2, 0.25) is 0 Å². The van der Waals surface area contributed by atoms with Crippen LogP contribution in [0.4, 0.5) is 0 Å². The zero-order valence-electron chi connectivity index (χ0n) is 18.5. The largest absolute Gasteiger partial charge is 0.378 e. The number of likely N-dealkylation sites (N-methyl/N-ethyl adjacent to an activating group) is 1. The predicted octanol–water partition coefficient (Wildman–Crippen LogP) is 3.00. The van der Waals surface area contributed by atoms with Crippen molar-refractivity contribution in [3.63, 3.8) is 0 Å². The summed E-state index contributed by atoms with van der Waals surface area (Å²) in [5.41, 5.74) is 4.43. The molecule has 2 heterocycles. The number of hydrogen-bond donors (Lipinski definition) is 0. The van der Waals surface area contributed by atoms with E-state index in [-0.39, 0.29) is 5.91 Å². The number of fused-ring (bicyclic) bond motifs is 1. The van der Waals surface area contributed by atoms with Crippen molar-refractivity contribution in [2.75, 3.05) is 33.4 Å². The Morgan fingerprint density at radius 1 is 1.23 bits per heavy atom. The first-order valence-corrected chi connectivity index (χ1v) is 11.2. The zero-order chi connectivity index (χ0) is 21.1. The lowest BCUT2D eigenvalue weighted by molar-refractivity contribution is 0.0297. The average Bonchev–Trinajstić information content (AvgIpc) is 3.11. The number of rotatable bonds is 6. The van der Waals surface area contributed by atoms with E-state index in [0.717, 1.165) is 32.4 Å². The second-order valence-corrected chi connectivity index (χ2v) is 9.05. The second kappa shape index (κ2) is 9.31. The lowest BCUT2D eigenvalue weighted by atomic mass is 9.90. The van der Waals surface area contributed by atoms with Crippen LogP contribution in [0, 0.1) is 5.92 Å². The first-order chi connectivity index (χ1) is 14.5.